The highest BCUT2D eigenvalue weighted by atomic mass is 32.2. The number of para-hydroxylation sites is 2. The predicted molar refractivity (Wildman–Crippen MR) is 121 cm³/mol. The Hall–Kier alpha value is -4.09. The van der Waals surface area contributed by atoms with Crippen LogP contribution in [0.15, 0.2) is 94.7 Å². The van der Waals surface area contributed by atoms with Crippen molar-refractivity contribution in [2.24, 2.45) is 12.1 Å². The Bertz CT molecular complexity index is 1240. The summed E-state index contributed by atoms with van der Waals surface area (Å²) in [5.74, 6) is -0.853. The maximum absolute atomic E-state index is 13.1. The van der Waals surface area contributed by atoms with Crippen molar-refractivity contribution in [3.05, 3.63) is 95.3 Å². The number of ketones is 1. The lowest BCUT2D eigenvalue weighted by Gasteiger charge is -2.16. The average Bonchev–Trinajstić information content (AvgIpc) is 3.42. The van der Waals surface area contributed by atoms with Crippen LogP contribution in [-0.4, -0.2) is 21.3 Å². The molecular formula is C23H17N5O2S. The van der Waals surface area contributed by atoms with Crippen molar-refractivity contribution >= 4 is 39.9 Å². The van der Waals surface area contributed by atoms with Crippen LogP contribution in [0.1, 0.15) is 10.5 Å². The first-order valence-electron chi connectivity index (χ1n) is 9.37. The highest BCUT2D eigenvalue weighted by molar-refractivity contribution is 8.19. The van der Waals surface area contributed by atoms with Crippen LogP contribution in [-0.2, 0) is 11.8 Å². The number of hydrazone groups is 1. The molecule has 0 saturated carbocycles. The van der Waals surface area contributed by atoms with Gasteiger partial charge >= 0.3 is 0 Å². The molecule has 7 nitrogen and oxygen atoms in total. The van der Waals surface area contributed by atoms with E-state index in [1.54, 1.807) is 54.2 Å². The van der Waals surface area contributed by atoms with Gasteiger partial charge in [0.1, 0.15) is 16.7 Å². The third-order valence-electron chi connectivity index (χ3n) is 4.53. The standard InChI is InChI=1S/C23H17N5O2S/c1-27-14-8-13-19(27)20(29)18(15-24)23-28(17-11-6-3-7-12-17)26-22(31-23)21(30)25-16-9-4-2-5-10-16/h2-14H,1H3,(H,25,30)/b23-18+. The van der Waals surface area contributed by atoms with Gasteiger partial charge in [0.15, 0.2) is 5.04 Å². The van der Waals surface area contributed by atoms with E-state index in [9.17, 15) is 14.9 Å². The van der Waals surface area contributed by atoms with Gasteiger partial charge in [-0.05, 0) is 48.2 Å². The monoisotopic (exact) mass is 427 g/mol. The van der Waals surface area contributed by atoms with Crippen molar-refractivity contribution in [3.8, 4) is 6.07 Å². The first-order chi connectivity index (χ1) is 15.1. The number of anilines is 2. The van der Waals surface area contributed by atoms with Gasteiger partial charge in [0, 0.05) is 18.9 Å². The second kappa shape index (κ2) is 8.73. The van der Waals surface area contributed by atoms with E-state index in [0.29, 0.717) is 17.1 Å². The topological polar surface area (TPSA) is 90.5 Å². The smallest absolute Gasteiger partial charge is 0.283 e. The molecule has 8 heteroatoms. The number of thioether (sulfide) groups is 1. The predicted octanol–water partition coefficient (Wildman–Crippen LogP) is 4.15. The Morgan fingerprint density at radius 3 is 2.29 bits per heavy atom. The third-order valence-corrected chi connectivity index (χ3v) is 5.56. The van der Waals surface area contributed by atoms with Crippen LogP contribution in [0.4, 0.5) is 11.4 Å². The number of carbonyl (C=O) groups excluding carboxylic acids is 2. The normalized spacial score (nSPS) is 14.6. The molecule has 1 aliphatic heterocycles. The highest BCUT2D eigenvalue weighted by Gasteiger charge is 2.33. The number of hydrogen-bond donors (Lipinski definition) is 1. The zero-order valence-electron chi connectivity index (χ0n) is 16.5. The van der Waals surface area contributed by atoms with E-state index in [1.807, 2.05) is 42.5 Å². The van der Waals surface area contributed by atoms with Crippen molar-refractivity contribution in [2.75, 3.05) is 10.3 Å². The fourth-order valence-electron chi connectivity index (χ4n) is 3.01. The molecule has 1 aromatic heterocycles. The van der Waals surface area contributed by atoms with Gasteiger partial charge in [-0.2, -0.15) is 10.4 Å². The molecule has 0 saturated heterocycles. The Balaban J connectivity index is 1.74. The lowest BCUT2D eigenvalue weighted by molar-refractivity contribution is -0.110. The maximum Gasteiger partial charge on any atom is 0.283 e. The van der Waals surface area contributed by atoms with Crippen molar-refractivity contribution in [1.82, 2.24) is 4.57 Å². The van der Waals surface area contributed by atoms with E-state index in [2.05, 4.69) is 10.4 Å². The Morgan fingerprint density at radius 1 is 1.00 bits per heavy atom. The van der Waals surface area contributed by atoms with Crippen LogP contribution in [0.25, 0.3) is 0 Å². The molecule has 1 amide bonds. The molecule has 0 bridgehead atoms. The lowest BCUT2D eigenvalue weighted by atomic mass is 10.1. The second-order valence-corrected chi connectivity index (χ2v) is 7.58. The van der Waals surface area contributed by atoms with Crippen LogP contribution in [0.5, 0.6) is 0 Å². The Morgan fingerprint density at radius 2 is 1.68 bits per heavy atom. The number of nitrogens with zero attached hydrogens (tertiary/aromatic N) is 4. The number of allylic oxidation sites excluding steroid dienone is 1. The lowest BCUT2D eigenvalue weighted by Crippen LogP contribution is -2.19. The fraction of sp³-hybridized carbons (Fsp3) is 0.0435. The summed E-state index contributed by atoms with van der Waals surface area (Å²) in [6.07, 6.45) is 1.74. The molecule has 0 atom stereocenters. The van der Waals surface area contributed by atoms with Crippen LogP contribution in [0.3, 0.4) is 0 Å². The summed E-state index contributed by atoms with van der Waals surface area (Å²) in [4.78, 5) is 25.9. The van der Waals surface area contributed by atoms with Gasteiger partial charge in [0.05, 0.1) is 11.4 Å². The SMILES string of the molecule is Cn1cccc1C(=O)/C(C#N)=C1/SC(C(=O)Nc2ccccc2)=NN1c1ccccc1. The molecule has 0 unspecified atom stereocenters. The number of amides is 1. The summed E-state index contributed by atoms with van der Waals surface area (Å²) < 4.78 is 1.65. The van der Waals surface area contributed by atoms with Crippen LogP contribution < -0.4 is 10.3 Å². The van der Waals surface area contributed by atoms with Crippen LogP contribution >= 0.6 is 11.8 Å². The van der Waals surface area contributed by atoms with Gasteiger partial charge in [0.25, 0.3) is 5.91 Å². The van der Waals surface area contributed by atoms with Crippen molar-refractivity contribution in [2.45, 2.75) is 0 Å². The van der Waals surface area contributed by atoms with E-state index in [4.69, 9.17) is 0 Å². The van der Waals surface area contributed by atoms with Gasteiger partial charge in [-0.25, -0.2) is 5.01 Å². The van der Waals surface area contributed by atoms with Crippen molar-refractivity contribution < 1.29 is 9.59 Å². The molecule has 1 N–H and O–H groups in total. The minimum absolute atomic E-state index is 0.0816. The zero-order valence-corrected chi connectivity index (χ0v) is 17.3. The summed E-state index contributed by atoms with van der Waals surface area (Å²) in [6.45, 7) is 0. The molecule has 0 spiro atoms. The number of carbonyl (C=O) groups is 2. The Labute approximate surface area is 183 Å². The molecule has 4 rings (SSSR count). The van der Waals surface area contributed by atoms with E-state index < -0.39 is 11.7 Å². The number of rotatable bonds is 5. The molecule has 3 aromatic rings. The van der Waals surface area contributed by atoms with Gasteiger partial charge in [0.2, 0.25) is 5.78 Å². The third kappa shape index (κ3) is 4.13. The largest absolute Gasteiger partial charge is 0.348 e. The van der Waals surface area contributed by atoms with E-state index in [1.165, 1.54) is 5.01 Å². The number of aryl methyl sites for hydroxylation is 1. The number of Topliss-reactive ketones (excluding diaryl/α,β-unsaturated/α-hetero) is 1. The van der Waals surface area contributed by atoms with E-state index in [0.717, 1.165) is 11.8 Å². The molecule has 2 heterocycles. The van der Waals surface area contributed by atoms with E-state index in [-0.39, 0.29) is 15.6 Å². The number of benzene rings is 2. The quantitative estimate of drug-likeness (QED) is 0.375. The summed E-state index contributed by atoms with van der Waals surface area (Å²) in [6, 6.07) is 23.5. The minimum Gasteiger partial charge on any atom is -0.348 e. The summed E-state index contributed by atoms with van der Waals surface area (Å²) in [5.41, 5.74) is 1.56. The first kappa shape index (κ1) is 20.2. The number of nitrogens with one attached hydrogen (secondary N) is 1. The summed E-state index contributed by atoms with van der Waals surface area (Å²) >= 11 is 0.996. The van der Waals surface area contributed by atoms with Gasteiger partial charge in [-0.3, -0.25) is 9.59 Å². The Kier molecular flexibility index (Phi) is 5.69. The maximum atomic E-state index is 13.1. The molecule has 2 aromatic carbocycles. The average molecular weight is 427 g/mol. The number of hydrogen-bond acceptors (Lipinski definition) is 6. The number of aromatic nitrogens is 1. The highest BCUT2D eigenvalue weighted by Crippen LogP contribution is 2.37. The summed E-state index contributed by atoms with van der Waals surface area (Å²) in [7, 11) is 1.74. The van der Waals surface area contributed by atoms with E-state index >= 15 is 0 Å². The zero-order chi connectivity index (χ0) is 21.8. The van der Waals surface area contributed by atoms with Crippen LogP contribution in [0, 0.1) is 11.3 Å². The summed E-state index contributed by atoms with van der Waals surface area (Å²) in [5, 5.41) is 18.9. The number of nitriles is 1. The van der Waals surface area contributed by atoms with Crippen LogP contribution in [0.2, 0.25) is 0 Å². The molecular weight excluding hydrogens is 410 g/mol. The molecule has 1 aliphatic rings. The van der Waals surface area contributed by atoms with Gasteiger partial charge in [-0.1, -0.05) is 36.4 Å². The molecule has 31 heavy (non-hydrogen) atoms. The molecule has 0 radical (unpaired) electrons. The second-order valence-electron chi connectivity index (χ2n) is 6.60. The molecule has 0 aliphatic carbocycles. The molecule has 0 fully saturated rings. The first-order valence-corrected chi connectivity index (χ1v) is 10.2. The minimum atomic E-state index is -0.432. The van der Waals surface area contributed by atoms with Crippen molar-refractivity contribution in [1.29, 1.82) is 5.26 Å². The van der Waals surface area contributed by atoms with Gasteiger partial charge < -0.3 is 9.88 Å². The fourth-order valence-corrected chi connectivity index (χ4v) is 3.93. The molecule has 152 valence electrons. The van der Waals surface area contributed by atoms with Crippen molar-refractivity contribution in [3.63, 3.8) is 0 Å². The van der Waals surface area contributed by atoms with Gasteiger partial charge in [-0.15, -0.1) is 0 Å².